The van der Waals surface area contributed by atoms with E-state index in [0.29, 0.717) is 24.7 Å². The summed E-state index contributed by atoms with van der Waals surface area (Å²) in [6, 6.07) is 0. The maximum atomic E-state index is 5.37. The van der Waals surface area contributed by atoms with E-state index in [0.717, 1.165) is 5.56 Å². The molecule has 2 N–H and O–H groups in total. The van der Waals surface area contributed by atoms with Gasteiger partial charge in [0.05, 0.1) is 11.8 Å². The van der Waals surface area contributed by atoms with Crippen LogP contribution in [0, 0.1) is 0 Å². The summed E-state index contributed by atoms with van der Waals surface area (Å²) in [5, 5.41) is 7.84. The van der Waals surface area contributed by atoms with E-state index in [1.165, 1.54) is 0 Å². The largest absolute Gasteiger partial charge is 0.339 e. The summed E-state index contributed by atoms with van der Waals surface area (Å²) in [4.78, 5) is 4.17. The molecule has 0 aliphatic carbocycles. The highest BCUT2D eigenvalue weighted by Gasteiger charge is 2.08. The normalized spacial score (nSPS) is 10.7. The summed E-state index contributed by atoms with van der Waals surface area (Å²) in [5.41, 5.74) is 6.22. The lowest BCUT2D eigenvalue weighted by Gasteiger charge is -1.84. The van der Waals surface area contributed by atoms with Crippen LogP contribution in [0.5, 0.6) is 0 Å². The minimum atomic E-state index is 0.509. The van der Waals surface area contributed by atoms with Crippen LogP contribution in [0.25, 0.3) is 11.4 Å². The highest BCUT2D eigenvalue weighted by Crippen LogP contribution is 2.13. The van der Waals surface area contributed by atoms with Gasteiger partial charge in [-0.05, 0) is 0 Å². The molecule has 2 aromatic heterocycles. The lowest BCUT2D eigenvalue weighted by atomic mass is 10.3. The van der Waals surface area contributed by atoms with Gasteiger partial charge in [-0.2, -0.15) is 10.1 Å². The lowest BCUT2D eigenvalue weighted by Crippen LogP contribution is -2.02. The van der Waals surface area contributed by atoms with Gasteiger partial charge in [-0.15, -0.1) is 0 Å². The molecule has 2 heterocycles. The zero-order chi connectivity index (χ0) is 9.97. The van der Waals surface area contributed by atoms with Crippen LogP contribution in [0.1, 0.15) is 5.89 Å². The second kappa shape index (κ2) is 3.59. The molecular formula is C8H11N5O. The quantitative estimate of drug-likeness (QED) is 0.740. The van der Waals surface area contributed by atoms with Gasteiger partial charge in [-0.25, -0.2) is 0 Å². The molecule has 0 saturated heterocycles. The van der Waals surface area contributed by atoms with Crippen molar-refractivity contribution in [2.24, 2.45) is 12.8 Å². The van der Waals surface area contributed by atoms with Crippen LogP contribution >= 0.6 is 0 Å². The molecule has 0 atom stereocenters. The van der Waals surface area contributed by atoms with Gasteiger partial charge >= 0.3 is 0 Å². The van der Waals surface area contributed by atoms with E-state index in [9.17, 15) is 0 Å². The van der Waals surface area contributed by atoms with Crippen LogP contribution in [-0.2, 0) is 13.5 Å². The highest BCUT2D eigenvalue weighted by molar-refractivity contribution is 5.50. The molecule has 0 bridgehead atoms. The van der Waals surface area contributed by atoms with Gasteiger partial charge in [0.25, 0.3) is 0 Å². The van der Waals surface area contributed by atoms with Crippen molar-refractivity contribution >= 4 is 0 Å². The Morgan fingerprint density at radius 3 is 3.07 bits per heavy atom. The van der Waals surface area contributed by atoms with Gasteiger partial charge < -0.3 is 10.3 Å². The zero-order valence-corrected chi connectivity index (χ0v) is 7.84. The van der Waals surface area contributed by atoms with Gasteiger partial charge in [-0.1, -0.05) is 5.16 Å². The molecule has 2 aromatic rings. The third-order valence-electron chi connectivity index (χ3n) is 1.79. The fourth-order valence-electron chi connectivity index (χ4n) is 1.13. The van der Waals surface area contributed by atoms with Crippen LogP contribution in [0.2, 0.25) is 0 Å². The Hall–Kier alpha value is -1.69. The lowest BCUT2D eigenvalue weighted by molar-refractivity contribution is 0.380. The Labute approximate surface area is 80.7 Å². The van der Waals surface area contributed by atoms with E-state index >= 15 is 0 Å². The summed E-state index contributed by atoms with van der Waals surface area (Å²) < 4.78 is 6.68. The third-order valence-corrected chi connectivity index (χ3v) is 1.79. The minimum absolute atomic E-state index is 0.509. The number of nitrogens with two attached hydrogens (primary N) is 1. The molecule has 0 aliphatic rings. The molecular weight excluding hydrogens is 182 g/mol. The molecule has 6 heteroatoms. The summed E-state index contributed by atoms with van der Waals surface area (Å²) >= 11 is 0. The molecule has 0 saturated carbocycles. The monoisotopic (exact) mass is 193 g/mol. The Morgan fingerprint density at radius 1 is 1.57 bits per heavy atom. The molecule has 74 valence electrons. The van der Waals surface area contributed by atoms with Crippen molar-refractivity contribution in [3.63, 3.8) is 0 Å². The number of hydrogen-bond donors (Lipinski definition) is 1. The van der Waals surface area contributed by atoms with E-state index in [4.69, 9.17) is 10.3 Å². The van der Waals surface area contributed by atoms with Crippen molar-refractivity contribution in [2.45, 2.75) is 6.42 Å². The van der Waals surface area contributed by atoms with Crippen molar-refractivity contribution in [2.75, 3.05) is 6.54 Å². The molecule has 0 spiro atoms. The van der Waals surface area contributed by atoms with Crippen LogP contribution < -0.4 is 5.73 Å². The van der Waals surface area contributed by atoms with E-state index in [1.54, 1.807) is 10.9 Å². The van der Waals surface area contributed by atoms with Gasteiger partial charge in [0.1, 0.15) is 0 Å². The van der Waals surface area contributed by atoms with Gasteiger partial charge in [0.15, 0.2) is 0 Å². The van der Waals surface area contributed by atoms with Crippen LogP contribution in [-0.4, -0.2) is 26.5 Å². The van der Waals surface area contributed by atoms with Gasteiger partial charge in [-0.3, -0.25) is 4.68 Å². The van der Waals surface area contributed by atoms with Gasteiger partial charge in [0, 0.05) is 26.2 Å². The molecule has 0 radical (unpaired) electrons. The van der Waals surface area contributed by atoms with Gasteiger partial charge in [0.2, 0.25) is 11.7 Å². The smallest absolute Gasteiger partial charge is 0.228 e. The van der Waals surface area contributed by atoms with Crippen molar-refractivity contribution in [1.82, 2.24) is 19.9 Å². The molecule has 0 fully saturated rings. The van der Waals surface area contributed by atoms with E-state index in [-0.39, 0.29) is 0 Å². The van der Waals surface area contributed by atoms with Crippen LogP contribution in [0.4, 0.5) is 0 Å². The van der Waals surface area contributed by atoms with Crippen molar-refractivity contribution in [3.8, 4) is 11.4 Å². The SMILES string of the molecule is Cn1cc(-c2noc(CCN)n2)cn1. The fourth-order valence-corrected chi connectivity index (χ4v) is 1.13. The summed E-state index contributed by atoms with van der Waals surface area (Å²) in [5.74, 6) is 1.12. The summed E-state index contributed by atoms with van der Waals surface area (Å²) in [6.45, 7) is 0.509. The third kappa shape index (κ3) is 1.64. The maximum absolute atomic E-state index is 5.37. The number of aryl methyl sites for hydroxylation is 1. The number of nitrogens with zero attached hydrogens (tertiary/aromatic N) is 4. The average molecular weight is 193 g/mol. The minimum Gasteiger partial charge on any atom is -0.339 e. The topological polar surface area (TPSA) is 82.8 Å². The first-order chi connectivity index (χ1) is 6.79. The number of hydrogen-bond acceptors (Lipinski definition) is 5. The fraction of sp³-hybridized carbons (Fsp3) is 0.375. The first-order valence-electron chi connectivity index (χ1n) is 4.31. The summed E-state index contributed by atoms with van der Waals surface area (Å²) in [7, 11) is 1.84. The summed E-state index contributed by atoms with van der Waals surface area (Å²) in [6.07, 6.45) is 4.13. The highest BCUT2D eigenvalue weighted by atomic mass is 16.5. The predicted octanol–water partition coefficient (Wildman–Crippen LogP) is -0.0287. The van der Waals surface area contributed by atoms with Crippen molar-refractivity contribution in [3.05, 3.63) is 18.3 Å². The molecule has 14 heavy (non-hydrogen) atoms. The second-order valence-corrected chi connectivity index (χ2v) is 2.95. The Balaban J connectivity index is 2.24. The molecule has 6 nitrogen and oxygen atoms in total. The zero-order valence-electron chi connectivity index (χ0n) is 7.84. The van der Waals surface area contributed by atoms with Crippen LogP contribution in [0.3, 0.4) is 0 Å². The van der Waals surface area contributed by atoms with E-state index in [1.807, 2.05) is 13.2 Å². The Kier molecular flexibility index (Phi) is 2.28. The van der Waals surface area contributed by atoms with Crippen molar-refractivity contribution in [1.29, 1.82) is 0 Å². The Morgan fingerprint density at radius 2 is 2.43 bits per heavy atom. The molecule has 0 amide bonds. The first kappa shape index (κ1) is 8.89. The van der Waals surface area contributed by atoms with E-state index in [2.05, 4.69) is 15.2 Å². The first-order valence-corrected chi connectivity index (χ1v) is 4.31. The molecule has 0 aromatic carbocycles. The number of aromatic nitrogens is 4. The maximum Gasteiger partial charge on any atom is 0.228 e. The van der Waals surface area contributed by atoms with Crippen LogP contribution in [0.15, 0.2) is 16.9 Å². The second-order valence-electron chi connectivity index (χ2n) is 2.95. The Bertz CT molecular complexity index is 419. The van der Waals surface area contributed by atoms with Crippen molar-refractivity contribution < 1.29 is 4.52 Å². The average Bonchev–Trinajstić information content (AvgIpc) is 2.74. The predicted molar refractivity (Wildman–Crippen MR) is 49.3 cm³/mol. The standard InChI is InChI=1S/C8H11N5O/c1-13-5-6(4-10-13)8-11-7(2-3-9)14-12-8/h4-5H,2-3,9H2,1H3. The van der Waals surface area contributed by atoms with E-state index < -0.39 is 0 Å². The molecule has 0 aliphatic heterocycles. The molecule has 0 unspecified atom stereocenters. The molecule has 2 rings (SSSR count). The number of rotatable bonds is 3.